The first-order valence-corrected chi connectivity index (χ1v) is 21.7. The molecule has 1 aliphatic carbocycles. The van der Waals surface area contributed by atoms with Crippen molar-refractivity contribution in [3.8, 4) is 0 Å². The first-order chi connectivity index (χ1) is 26.7. The number of benzene rings is 4. The molecular formula is C56H96N2S2. The van der Waals surface area contributed by atoms with Crippen molar-refractivity contribution in [1.82, 2.24) is 9.97 Å². The minimum atomic E-state index is 0. The average Bonchev–Trinajstić information content (AvgIpc) is 4.07. The number of thiazole rings is 1. The van der Waals surface area contributed by atoms with Crippen LogP contribution in [0.15, 0.2) is 180 Å². The molecule has 60 heavy (non-hydrogen) atoms. The molecule has 0 radical (unpaired) electrons. The molecule has 8 rings (SSSR count). The van der Waals surface area contributed by atoms with Crippen molar-refractivity contribution >= 4 is 33.4 Å². The molecule has 342 valence electrons. The summed E-state index contributed by atoms with van der Waals surface area (Å²) in [7, 11) is 0. The molecule has 0 N–H and O–H groups in total. The van der Waals surface area contributed by atoms with Crippen LogP contribution in [0.2, 0.25) is 0 Å². The monoisotopic (exact) mass is 861 g/mol. The lowest BCUT2D eigenvalue weighted by atomic mass is 9.88. The SMILES string of the molecule is C.C.C.C.C.C.CC.CC.CC.CC.CC1CCC1.CCc1ccccc1.Cc1ccccc1.c1ccc2ccccc2c1.c1ccncc1.c1ccsc1.c1cscn1. The highest BCUT2D eigenvalue weighted by Gasteiger charge is 2.09. The van der Waals surface area contributed by atoms with E-state index < -0.39 is 0 Å². The van der Waals surface area contributed by atoms with E-state index >= 15 is 0 Å². The van der Waals surface area contributed by atoms with E-state index in [-0.39, 0.29) is 44.6 Å². The molecule has 1 saturated carbocycles. The predicted molar refractivity (Wildman–Crippen MR) is 290 cm³/mol. The maximum absolute atomic E-state index is 3.78. The Morgan fingerprint density at radius 1 is 0.450 bits per heavy atom. The molecule has 0 unspecified atom stereocenters. The van der Waals surface area contributed by atoms with Gasteiger partial charge in [0.15, 0.2) is 0 Å². The predicted octanol–water partition coefficient (Wildman–Crippen LogP) is 20.8. The number of hydrogen-bond acceptors (Lipinski definition) is 4. The van der Waals surface area contributed by atoms with Crippen LogP contribution >= 0.6 is 22.7 Å². The van der Waals surface area contributed by atoms with E-state index in [1.54, 1.807) is 46.8 Å². The van der Waals surface area contributed by atoms with Gasteiger partial charge in [-0.25, -0.2) is 0 Å². The van der Waals surface area contributed by atoms with Gasteiger partial charge in [-0.2, -0.15) is 11.3 Å². The van der Waals surface area contributed by atoms with Gasteiger partial charge in [-0.3, -0.25) is 9.97 Å². The fourth-order valence-corrected chi connectivity index (χ4v) is 4.51. The summed E-state index contributed by atoms with van der Waals surface area (Å²) in [6.45, 7) is 22.6. The van der Waals surface area contributed by atoms with E-state index in [0.29, 0.717) is 0 Å². The van der Waals surface area contributed by atoms with Gasteiger partial charge in [0.1, 0.15) is 0 Å². The number of nitrogens with zero attached hydrogens (tertiary/aromatic N) is 2. The summed E-state index contributed by atoms with van der Waals surface area (Å²) in [6, 6.07) is 47.2. The lowest BCUT2D eigenvalue weighted by Gasteiger charge is -2.18. The van der Waals surface area contributed by atoms with E-state index in [4.69, 9.17) is 0 Å². The Morgan fingerprint density at radius 2 is 0.817 bits per heavy atom. The quantitative estimate of drug-likeness (QED) is 0.164. The van der Waals surface area contributed by atoms with Crippen LogP contribution in [-0.2, 0) is 6.42 Å². The highest BCUT2D eigenvalue weighted by atomic mass is 32.1. The maximum Gasteiger partial charge on any atom is 0.0791 e. The molecule has 0 aliphatic heterocycles. The van der Waals surface area contributed by atoms with Crippen molar-refractivity contribution in [3.05, 3.63) is 191 Å². The van der Waals surface area contributed by atoms with Crippen molar-refractivity contribution in [2.75, 3.05) is 0 Å². The molecule has 3 aromatic heterocycles. The van der Waals surface area contributed by atoms with Crippen LogP contribution in [-0.4, -0.2) is 9.97 Å². The van der Waals surface area contributed by atoms with E-state index in [1.807, 2.05) is 126 Å². The van der Waals surface area contributed by atoms with Gasteiger partial charge in [0.25, 0.3) is 0 Å². The Balaban J connectivity index is -0.0000000699. The highest BCUT2D eigenvalue weighted by Crippen LogP contribution is 2.24. The summed E-state index contributed by atoms with van der Waals surface area (Å²) in [5.41, 5.74) is 4.52. The Hall–Kier alpha value is -4.38. The Labute approximate surface area is 384 Å². The fraction of sp³-hybridized carbons (Fsp3) is 0.393. The number of aromatic nitrogens is 2. The Morgan fingerprint density at radius 3 is 0.983 bits per heavy atom. The molecule has 0 bridgehead atoms. The lowest BCUT2D eigenvalue weighted by Crippen LogP contribution is -2.04. The van der Waals surface area contributed by atoms with Crippen LogP contribution < -0.4 is 0 Å². The minimum absolute atomic E-state index is 0. The van der Waals surface area contributed by atoms with Crippen LogP contribution in [0, 0.1) is 12.8 Å². The number of thiophene rings is 1. The summed E-state index contributed by atoms with van der Waals surface area (Å²) in [5, 5.41) is 8.63. The van der Waals surface area contributed by atoms with Crippen molar-refractivity contribution in [3.63, 3.8) is 0 Å². The first kappa shape index (κ1) is 76.3. The molecule has 0 spiro atoms. The summed E-state index contributed by atoms with van der Waals surface area (Å²) in [4.78, 5) is 7.53. The van der Waals surface area contributed by atoms with Crippen molar-refractivity contribution in [1.29, 1.82) is 0 Å². The standard InChI is InChI=1S/C10H8.C8H10.C7H8.C5H5N.C5H10.C4H4S.C3H3NS.4C2H6.6CH4/c1-2-6-10-8-4-3-7-9(10)5-1;1-2-8-6-4-3-5-7-8;1-7-5-3-2-4-6-7;1-2-4-6-5-3-1;1-5-3-2-4-5;1-2-4-5-3-1;1-2-5-3-4-1;4*1-2;;;;;;/h1-8H;3-7H,2H2,1H3;2-6H,1H3;1-5H;5H,2-4H2,1H3;1-4H;1-3H;4*1-2H3;6*1H4. The summed E-state index contributed by atoms with van der Waals surface area (Å²) < 4.78 is 0. The molecule has 2 nitrogen and oxygen atoms in total. The largest absolute Gasteiger partial charge is 0.265 e. The first-order valence-electron chi connectivity index (χ1n) is 19.8. The molecule has 0 amide bonds. The zero-order valence-electron chi connectivity index (χ0n) is 35.4. The van der Waals surface area contributed by atoms with Crippen LogP contribution in [0.25, 0.3) is 10.8 Å². The summed E-state index contributed by atoms with van der Waals surface area (Å²) in [5.74, 6) is 1.06. The second kappa shape index (κ2) is 66.4. The zero-order valence-corrected chi connectivity index (χ0v) is 37.1. The number of aryl methyl sites for hydroxylation is 2. The molecular weight excluding hydrogens is 765 g/mol. The lowest BCUT2D eigenvalue weighted by molar-refractivity contribution is 0.346. The van der Waals surface area contributed by atoms with E-state index in [1.165, 1.54) is 41.2 Å². The second-order valence-corrected chi connectivity index (χ2v) is 11.9. The van der Waals surface area contributed by atoms with Crippen molar-refractivity contribution in [2.45, 2.75) is 146 Å². The topological polar surface area (TPSA) is 25.8 Å². The van der Waals surface area contributed by atoms with Crippen LogP contribution in [0.4, 0.5) is 0 Å². The maximum atomic E-state index is 3.78. The van der Waals surface area contributed by atoms with Gasteiger partial charge in [0.2, 0.25) is 0 Å². The molecule has 4 heteroatoms. The van der Waals surface area contributed by atoms with E-state index in [0.717, 1.165) is 12.3 Å². The van der Waals surface area contributed by atoms with Crippen LogP contribution in [0.3, 0.4) is 0 Å². The van der Waals surface area contributed by atoms with Gasteiger partial charge in [0, 0.05) is 24.0 Å². The highest BCUT2D eigenvalue weighted by molar-refractivity contribution is 7.07. The van der Waals surface area contributed by atoms with Crippen LogP contribution in [0.1, 0.15) is 144 Å². The number of rotatable bonds is 1. The second-order valence-electron chi connectivity index (χ2n) is 10.4. The average molecular weight is 862 g/mol. The van der Waals surface area contributed by atoms with Gasteiger partial charge in [-0.15, -0.1) is 11.3 Å². The Bertz CT molecular complexity index is 1400. The minimum Gasteiger partial charge on any atom is -0.265 e. The number of pyridine rings is 1. The number of hydrogen-bond donors (Lipinski definition) is 0. The van der Waals surface area contributed by atoms with Gasteiger partial charge in [-0.1, -0.05) is 266 Å². The molecule has 0 saturated heterocycles. The zero-order chi connectivity index (χ0) is 40.8. The fourth-order valence-electron chi connectivity index (χ4n) is 3.71. The summed E-state index contributed by atoms with van der Waals surface area (Å²) >= 11 is 3.31. The molecule has 1 fully saturated rings. The van der Waals surface area contributed by atoms with Gasteiger partial charge in [0.05, 0.1) is 5.51 Å². The number of fused-ring (bicyclic) bond motifs is 1. The van der Waals surface area contributed by atoms with Crippen LogP contribution in [0.5, 0.6) is 0 Å². The molecule has 3 heterocycles. The van der Waals surface area contributed by atoms with Crippen molar-refractivity contribution < 1.29 is 0 Å². The van der Waals surface area contributed by atoms with Gasteiger partial charge >= 0.3 is 0 Å². The van der Waals surface area contributed by atoms with Gasteiger partial charge < -0.3 is 0 Å². The Kier molecular flexibility index (Phi) is 84.5. The van der Waals surface area contributed by atoms with E-state index in [9.17, 15) is 0 Å². The normalized spacial score (nSPS) is 8.58. The third-order valence-corrected chi connectivity index (χ3v) is 7.73. The third-order valence-electron chi connectivity index (χ3n) is 6.58. The third kappa shape index (κ3) is 51.6. The molecule has 1 aliphatic rings. The molecule has 7 aromatic rings. The van der Waals surface area contributed by atoms with Crippen molar-refractivity contribution in [2.24, 2.45) is 5.92 Å². The summed E-state index contributed by atoms with van der Waals surface area (Å²) in [6.07, 6.45) is 10.9. The van der Waals surface area contributed by atoms with E-state index in [2.05, 4.69) is 116 Å². The van der Waals surface area contributed by atoms with Gasteiger partial charge in [-0.05, 0) is 58.5 Å². The molecule has 0 atom stereocenters. The molecule has 4 aromatic carbocycles. The smallest absolute Gasteiger partial charge is 0.0791 e.